The molecule has 2 aliphatic heterocycles. The first-order chi connectivity index (χ1) is 16.9. The van der Waals surface area contributed by atoms with E-state index in [0.29, 0.717) is 39.0 Å². The number of rotatable bonds is 3. The van der Waals surface area contributed by atoms with Crippen molar-refractivity contribution in [2.24, 2.45) is 0 Å². The number of likely N-dealkylation sites (tertiary alicyclic amines) is 1. The van der Waals surface area contributed by atoms with Crippen molar-refractivity contribution in [1.29, 1.82) is 0 Å². The summed E-state index contributed by atoms with van der Waals surface area (Å²) in [6.07, 6.45) is -3.36. The van der Waals surface area contributed by atoms with Crippen LogP contribution in [0.15, 0.2) is 48.5 Å². The molecule has 8 heteroatoms. The van der Waals surface area contributed by atoms with Crippen LogP contribution in [0, 0.1) is 0 Å². The number of carbonyl (C=O) groups excluding carboxylic acids is 2. The van der Waals surface area contributed by atoms with Gasteiger partial charge in [-0.3, -0.25) is 4.79 Å². The molecule has 2 heterocycles. The maximum Gasteiger partial charge on any atom is 0.416 e. The maximum atomic E-state index is 13.3. The third-order valence-electron chi connectivity index (χ3n) is 7.10. The zero-order chi connectivity index (χ0) is 26.1. The van der Waals surface area contributed by atoms with Crippen LogP contribution >= 0.6 is 0 Å². The highest BCUT2D eigenvalue weighted by Gasteiger charge is 2.44. The molecule has 0 atom stereocenters. The summed E-state index contributed by atoms with van der Waals surface area (Å²) in [6.45, 7) is 7.52. The van der Waals surface area contributed by atoms with E-state index < -0.39 is 17.3 Å². The van der Waals surface area contributed by atoms with Gasteiger partial charge in [-0.1, -0.05) is 42.5 Å². The Morgan fingerprint density at radius 1 is 0.944 bits per heavy atom. The summed E-state index contributed by atoms with van der Waals surface area (Å²) in [5, 5.41) is 0. The molecule has 1 saturated heterocycles. The zero-order valence-electron chi connectivity index (χ0n) is 21.0. The van der Waals surface area contributed by atoms with Crippen molar-refractivity contribution in [1.82, 2.24) is 9.80 Å². The molecule has 2 amide bonds. The molecule has 1 spiro atoms. The summed E-state index contributed by atoms with van der Waals surface area (Å²) in [7, 11) is 0. The number of benzene rings is 2. The van der Waals surface area contributed by atoms with Gasteiger partial charge in [0.2, 0.25) is 5.91 Å². The molecular formula is C28H33F3N2O3. The van der Waals surface area contributed by atoms with E-state index >= 15 is 0 Å². The molecular weight excluding hydrogens is 469 g/mol. The number of alkyl halides is 3. The second-order valence-electron chi connectivity index (χ2n) is 10.8. The third kappa shape index (κ3) is 5.68. The fraction of sp³-hybridized carbons (Fsp3) is 0.500. The minimum atomic E-state index is -4.44. The maximum absolute atomic E-state index is 13.3. The predicted octanol–water partition coefficient (Wildman–Crippen LogP) is 5.95. The summed E-state index contributed by atoms with van der Waals surface area (Å²) in [4.78, 5) is 29.3. The highest BCUT2D eigenvalue weighted by atomic mass is 19.4. The largest absolute Gasteiger partial charge is 0.444 e. The number of hydrogen-bond acceptors (Lipinski definition) is 3. The van der Waals surface area contributed by atoms with Crippen molar-refractivity contribution in [2.75, 3.05) is 19.6 Å². The molecule has 0 unspecified atom stereocenters. The van der Waals surface area contributed by atoms with Crippen LogP contribution in [-0.4, -0.2) is 47.0 Å². The van der Waals surface area contributed by atoms with Crippen molar-refractivity contribution in [3.05, 3.63) is 70.8 Å². The van der Waals surface area contributed by atoms with Crippen LogP contribution in [0.25, 0.3) is 0 Å². The smallest absolute Gasteiger partial charge is 0.416 e. The van der Waals surface area contributed by atoms with E-state index in [2.05, 4.69) is 6.07 Å². The molecule has 0 aromatic heterocycles. The molecule has 0 N–H and O–H groups in total. The summed E-state index contributed by atoms with van der Waals surface area (Å²) in [5.74, 6) is -0.144. The quantitative estimate of drug-likeness (QED) is 0.521. The zero-order valence-corrected chi connectivity index (χ0v) is 21.0. The van der Waals surface area contributed by atoms with Crippen LogP contribution < -0.4 is 0 Å². The Labute approximate surface area is 210 Å². The minimum absolute atomic E-state index is 0.0285. The highest BCUT2D eigenvalue weighted by Crippen LogP contribution is 2.42. The second kappa shape index (κ2) is 9.79. The van der Waals surface area contributed by atoms with E-state index in [9.17, 15) is 22.8 Å². The summed E-state index contributed by atoms with van der Waals surface area (Å²) in [5.41, 5.74) is 0.860. The topological polar surface area (TPSA) is 49.9 Å². The fourth-order valence-corrected chi connectivity index (χ4v) is 5.37. The summed E-state index contributed by atoms with van der Waals surface area (Å²) < 4.78 is 45.5. The summed E-state index contributed by atoms with van der Waals surface area (Å²) >= 11 is 0. The molecule has 194 valence electrons. The molecule has 2 aromatic carbocycles. The summed E-state index contributed by atoms with van der Waals surface area (Å²) in [6, 6.07) is 13.5. The average Bonchev–Trinajstić information content (AvgIpc) is 2.81. The van der Waals surface area contributed by atoms with Gasteiger partial charge in [-0.2, -0.15) is 13.2 Å². The van der Waals surface area contributed by atoms with Crippen molar-refractivity contribution in [2.45, 2.75) is 70.2 Å². The monoisotopic (exact) mass is 502 g/mol. The lowest BCUT2D eigenvalue weighted by molar-refractivity contribution is -0.139. The molecule has 1 fully saturated rings. The average molecular weight is 503 g/mol. The van der Waals surface area contributed by atoms with Gasteiger partial charge in [-0.15, -0.1) is 0 Å². The SMILES string of the molecule is CC(C)(C)OC(=O)N1Cc2ccccc2C2(CCN(C(=O)CCc3ccccc3C(F)(F)F)CC2)C1. The van der Waals surface area contributed by atoms with Crippen molar-refractivity contribution >= 4 is 12.0 Å². The first-order valence-electron chi connectivity index (χ1n) is 12.4. The number of carbonyl (C=O) groups is 2. The molecule has 36 heavy (non-hydrogen) atoms. The van der Waals surface area contributed by atoms with E-state index in [1.165, 1.54) is 17.7 Å². The van der Waals surface area contributed by atoms with Crippen molar-refractivity contribution in [3.8, 4) is 0 Å². The minimum Gasteiger partial charge on any atom is -0.444 e. The van der Waals surface area contributed by atoms with Crippen LogP contribution in [0.5, 0.6) is 0 Å². The number of amides is 2. The molecule has 0 radical (unpaired) electrons. The normalized spacial score (nSPS) is 17.6. The number of nitrogens with zero attached hydrogens (tertiary/aromatic N) is 2. The van der Waals surface area contributed by atoms with E-state index in [4.69, 9.17) is 4.74 Å². The Bertz CT molecular complexity index is 1120. The Morgan fingerprint density at radius 3 is 2.25 bits per heavy atom. The number of ether oxygens (including phenoxy) is 1. The van der Waals surface area contributed by atoms with Gasteiger partial charge in [0.05, 0.1) is 5.56 Å². The van der Waals surface area contributed by atoms with Crippen LogP contribution in [0.3, 0.4) is 0 Å². The Kier molecular flexibility index (Phi) is 7.08. The van der Waals surface area contributed by atoms with Crippen molar-refractivity contribution in [3.63, 3.8) is 0 Å². The van der Waals surface area contributed by atoms with Gasteiger partial charge in [0.25, 0.3) is 0 Å². The van der Waals surface area contributed by atoms with Crippen LogP contribution in [0.4, 0.5) is 18.0 Å². The van der Waals surface area contributed by atoms with Gasteiger partial charge in [0.15, 0.2) is 0 Å². The van der Waals surface area contributed by atoms with Gasteiger partial charge in [0.1, 0.15) is 5.60 Å². The number of halogens is 3. The highest BCUT2D eigenvalue weighted by molar-refractivity contribution is 5.76. The number of fused-ring (bicyclic) bond motifs is 2. The Hall–Kier alpha value is -3.03. The van der Waals surface area contributed by atoms with Gasteiger partial charge in [-0.25, -0.2) is 4.79 Å². The molecule has 2 aliphatic rings. The molecule has 0 bridgehead atoms. The fourth-order valence-electron chi connectivity index (χ4n) is 5.37. The van der Waals surface area contributed by atoms with Crippen LogP contribution in [-0.2, 0) is 34.1 Å². The van der Waals surface area contributed by atoms with Crippen molar-refractivity contribution < 1.29 is 27.5 Å². The second-order valence-corrected chi connectivity index (χ2v) is 10.8. The standard InChI is InChI=1S/C28H33F3N2O3/c1-26(2,3)36-25(35)33-18-21-9-5-6-10-22(21)27(19-33)14-16-32(17-15-27)24(34)13-12-20-8-4-7-11-23(20)28(29,30)31/h4-11H,12-19H2,1-3H3. The third-order valence-corrected chi connectivity index (χ3v) is 7.10. The molecule has 0 saturated carbocycles. The van der Waals surface area contributed by atoms with E-state index in [1.54, 1.807) is 15.9 Å². The first kappa shape index (κ1) is 26.0. The van der Waals surface area contributed by atoms with Gasteiger partial charge < -0.3 is 14.5 Å². The molecule has 2 aromatic rings. The molecule has 0 aliphatic carbocycles. The number of piperidine rings is 1. The van der Waals surface area contributed by atoms with E-state index in [-0.39, 0.29) is 35.8 Å². The number of hydrogen-bond donors (Lipinski definition) is 0. The van der Waals surface area contributed by atoms with E-state index in [0.717, 1.165) is 11.6 Å². The van der Waals surface area contributed by atoms with Gasteiger partial charge in [0, 0.05) is 38.0 Å². The van der Waals surface area contributed by atoms with E-state index in [1.807, 2.05) is 39.0 Å². The Morgan fingerprint density at radius 2 is 1.58 bits per heavy atom. The van der Waals surface area contributed by atoms with Crippen LogP contribution in [0.1, 0.15) is 62.3 Å². The predicted molar refractivity (Wildman–Crippen MR) is 130 cm³/mol. The van der Waals surface area contributed by atoms with Gasteiger partial charge >= 0.3 is 12.3 Å². The van der Waals surface area contributed by atoms with Crippen LogP contribution in [0.2, 0.25) is 0 Å². The molecule has 4 rings (SSSR count). The number of aryl methyl sites for hydroxylation is 1. The first-order valence-corrected chi connectivity index (χ1v) is 12.4. The lowest BCUT2D eigenvalue weighted by Gasteiger charge is -2.48. The lowest BCUT2D eigenvalue weighted by atomic mass is 9.69. The molecule has 5 nitrogen and oxygen atoms in total. The Balaban J connectivity index is 1.44. The van der Waals surface area contributed by atoms with Gasteiger partial charge in [-0.05, 0) is 62.8 Å². The lowest BCUT2D eigenvalue weighted by Crippen LogP contribution is -2.54.